The molecule has 1 saturated carbocycles. The van der Waals surface area contributed by atoms with Gasteiger partial charge in [0, 0.05) is 17.0 Å². The standard InChI is InChI=1S/C11H16N2O2S2/c1-16-11(6-7-11)8-13-9-2-4-10(5-3-9)17(12,14)15/h2-5,13H,6-8H2,1H3,(H2,12,14,15). The average molecular weight is 272 g/mol. The molecule has 4 nitrogen and oxygen atoms in total. The number of thioether (sulfide) groups is 1. The van der Waals surface area contributed by atoms with Crippen molar-refractivity contribution in [3.63, 3.8) is 0 Å². The van der Waals surface area contributed by atoms with Gasteiger partial charge < -0.3 is 5.32 Å². The van der Waals surface area contributed by atoms with Gasteiger partial charge in [0.1, 0.15) is 0 Å². The van der Waals surface area contributed by atoms with Gasteiger partial charge >= 0.3 is 0 Å². The Labute approximate surface area is 106 Å². The summed E-state index contributed by atoms with van der Waals surface area (Å²) in [6, 6.07) is 6.54. The molecule has 0 saturated heterocycles. The zero-order valence-electron chi connectivity index (χ0n) is 9.64. The van der Waals surface area contributed by atoms with Gasteiger partial charge in [-0.3, -0.25) is 0 Å². The van der Waals surface area contributed by atoms with Crippen molar-refractivity contribution in [2.24, 2.45) is 5.14 Å². The Morgan fingerprint density at radius 3 is 2.35 bits per heavy atom. The quantitative estimate of drug-likeness (QED) is 0.854. The zero-order valence-corrected chi connectivity index (χ0v) is 11.3. The first-order valence-electron chi connectivity index (χ1n) is 5.37. The molecule has 0 atom stereocenters. The molecule has 1 aliphatic rings. The van der Waals surface area contributed by atoms with E-state index in [9.17, 15) is 8.42 Å². The van der Waals surface area contributed by atoms with E-state index >= 15 is 0 Å². The largest absolute Gasteiger partial charge is 0.384 e. The van der Waals surface area contributed by atoms with Gasteiger partial charge in [-0.05, 0) is 43.4 Å². The first-order valence-corrected chi connectivity index (χ1v) is 8.14. The summed E-state index contributed by atoms with van der Waals surface area (Å²) in [5.41, 5.74) is 0.928. The minimum absolute atomic E-state index is 0.147. The van der Waals surface area contributed by atoms with E-state index in [0.717, 1.165) is 12.2 Å². The SMILES string of the molecule is CSC1(CNc2ccc(S(N)(=O)=O)cc2)CC1. The van der Waals surface area contributed by atoms with Crippen molar-refractivity contribution >= 4 is 27.5 Å². The Morgan fingerprint density at radius 1 is 1.35 bits per heavy atom. The molecule has 1 aromatic rings. The van der Waals surface area contributed by atoms with Crippen molar-refractivity contribution in [1.82, 2.24) is 0 Å². The molecule has 1 aliphatic carbocycles. The number of hydrogen-bond donors (Lipinski definition) is 2. The second kappa shape index (κ2) is 4.51. The van der Waals surface area contributed by atoms with Gasteiger partial charge in [-0.25, -0.2) is 13.6 Å². The summed E-state index contributed by atoms with van der Waals surface area (Å²) in [7, 11) is -3.59. The van der Waals surface area contributed by atoms with E-state index in [1.165, 1.54) is 25.0 Å². The lowest BCUT2D eigenvalue weighted by atomic mass is 10.3. The molecular weight excluding hydrogens is 256 g/mol. The molecular formula is C11H16N2O2S2. The smallest absolute Gasteiger partial charge is 0.238 e. The van der Waals surface area contributed by atoms with E-state index in [2.05, 4.69) is 11.6 Å². The Balaban J connectivity index is 1.99. The van der Waals surface area contributed by atoms with Crippen LogP contribution in [0.25, 0.3) is 0 Å². The normalized spacial score (nSPS) is 17.8. The molecule has 0 bridgehead atoms. The summed E-state index contributed by atoms with van der Waals surface area (Å²) in [5.74, 6) is 0. The monoisotopic (exact) mass is 272 g/mol. The Hall–Kier alpha value is -0.720. The van der Waals surface area contributed by atoms with Crippen LogP contribution in [0.4, 0.5) is 5.69 Å². The van der Waals surface area contributed by atoms with E-state index in [-0.39, 0.29) is 4.90 Å². The van der Waals surface area contributed by atoms with Crippen molar-refractivity contribution in [2.45, 2.75) is 22.5 Å². The third kappa shape index (κ3) is 3.14. The molecule has 2 rings (SSSR count). The highest BCUT2D eigenvalue weighted by atomic mass is 32.2. The van der Waals surface area contributed by atoms with Crippen LogP contribution in [0, 0.1) is 0 Å². The molecule has 0 aliphatic heterocycles. The fraction of sp³-hybridized carbons (Fsp3) is 0.455. The van der Waals surface area contributed by atoms with E-state index in [4.69, 9.17) is 5.14 Å². The number of primary sulfonamides is 1. The highest BCUT2D eigenvalue weighted by Crippen LogP contribution is 2.46. The van der Waals surface area contributed by atoms with Crippen LogP contribution >= 0.6 is 11.8 Å². The number of sulfonamides is 1. The van der Waals surface area contributed by atoms with Crippen molar-refractivity contribution in [3.8, 4) is 0 Å². The predicted octanol–water partition coefficient (Wildman–Crippen LogP) is 1.64. The average Bonchev–Trinajstić information content (AvgIpc) is 3.06. The van der Waals surface area contributed by atoms with E-state index in [1.54, 1.807) is 12.1 Å². The molecule has 0 spiro atoms. The lowest BCUT2D eigenvalue weighted by molar-refractivity contribution is 0.598. The van der Waals surface area contributed by atoms with Crippen LogP contribution in [0.3, 0.4) is 0 Å². The first kappa shape index (κ1) is 12.7. The van der Waals surface area contributed by atoms with Gasteiger partial charge in [0.15, 0.2) is 0 Å². The fourth-order valence-electron chi connectivity index (χ4n) is 1.62. The number of nitrogens with one attached hydrogen (secondary N) is 1. The van der Waals surface area contributed by atoms with Gasteiger partial charge in [-0.1, -0.05) is 0 Å². The van der Waals surface area contributed by atoms with Gasteiger partial charge in [0.2, 0.25) is 10.0 Å². The maximum atomic E-state index is 11.1. The highest BCUT2D eigenvalue weighted by molar-refractivity contribution is 8.00. The highest BCUT2D eigenvalue weighted by Gasteiger charge is 2.41. The summed E-state index contributed by atoms with van der Waals surface area (Å²) in [6.07, 6.45) is 4.62. The zero-order chi connectivity index (χ0) is 12.5. The Kier molecular flexibility index (Phi) is 3.38. The molecule has 6 heteroatoms. The van der Waals surface area contributed by atoms with Crippen molar-refractivity contribution in [3.05, 3.63) is 24.3 Å². The second-order valence-electron chi connectivity index (χ2n) is 4.31. The van der Waals surface area contributed by atoms with Gasteiger partial charge in [-0.15, -0.1) is 0 Å². The molecule has 0 heterocycles. The van der Waals surface area contributed by atoms with Gasteiger partial charge in [0.25, 0.3) is 0 Å². The molecule has 1 fully saturated rings. The molecule has 1 aromatic carbocycles. The fourth-order valence-corrected chi connectivity index (χ4v) is 2.86. The number of nitrogens with two attached hydrogens (primary N) is 1. The second-order valence-corrected chi connectivity index (χ2v) is 7.15. The topological polar surface area (TPSA) is 72.2 Å². The molecule has 0 radical (unpaired) electrons. The lowest BCUT2D eigenvalue weighted by Gasteiger charge is -2.14. The minimum atomic E-state index is -3.59. The van der Waals surface area contributed by atoms with Crippen LogP contribution in [0.15, 0.2) is 29.2 Å². The molecule has 0 amide bonds. The van der Waals surface area contributed by atoms with E-state index < -0.39 is 10.0 Å². The molecule has 94 valence electrons. The first-order chi connectivity index (χ1) is 7.95. The van der Waals surface area contributed by atoms with Crippen LogP contribution in [0.2, 0.25) is 0 Å². The van der Waals surface area contributed by atoms with E-state index in [1.807, 2.05) is 11.8 Å². The summed E-state index contributed by atoms with van der Waals surface area (Å²) in [6.45, 7) is 0.920. The summed E-state index contributed by atoms with van der Waals surface area (Å²) in [4.78, 5) is 0.147. The maximum absolute atomic E-state index is 11.1. The van der Waals surface area contributed by atoms with Crippen LogP contribution in [0.5, 0.6) is 0 Å². The van der Waals surface area contributed by atoms with Gasteiger partial charge in [-0.2, -0.15) is 11.8 Å². The van der Waals surface area contributed by atoms with Crippen molar-refractivity contribution in [1.29, 1.82) is 0 Å². The summed E-state index contributed by atoms with van der Waals surface area (Å²) < 4.78 is 22.5. The van der Waals surface area contributed by atoms with Crippen molar-refractivity contribution in [2.75, 3.05) is 18.1 Å². The lowest BCUT2D eigenvalue weighted by Crippen LogP contribution is -2.17. The summed E-state index contributed by atoms with van der Waals surface area (Å²) in [5, 5.41) is 8.35. The Morgan fingerprint density at radius 2 is 1.94 bits per heavy atom. The molecule has 17 heavy (non-hydrogen) atoms. The number of benzene rings is 1. The Bertz CT molecular complexity index is 493. The maximum Gasteiger partial charge on any atom is 0.238 e. The molecule has 0 unspecified atom stereocenters. The van der Waals surface area contributed by atoms with Crippen LogP contribution < -0.4 is 10.5 Å². The number of anilines is 1. The van der Waals surface area contributed by atoms with Crippen LogP contribution in [-0.2, 0) is 10.0 Å². The van der Waals surface area contributed by atoms with E-state index in [0.29, 0.717) is 4.75 Å². The number of rotatable bonds is 5. The van der Waals surface area contributed by atoms with Crippen molar-refractivity contribution < 1.29 is 8.42 Å². The minimum Gasteiger partial charge on any atom is -0.384 e. The molecule has 0 aromatic heterocycles. The predicted molar refractivity (Wildman–Crippen MR) is 71.8 cm³/mol. The van der Waals surface area contributed by atoms with Crippen LogP contribution in [0.1, 0.15) is 12.8 Å². The number of hydrogen-bond acceptors (Lipinski definition) is 4. The van der Waals surface area contributed by atoms with Crippen LogP contribution in [-0.4, -0.2) is 26.0 Å². The summed E-state index contributed by atoms with van der Waals surface area (Å²) >= 11 is 1.89. The third-order valence-electron chi connectivity index (χ3n) is 3.04. The molecule has 3 N–H and O–H groups in total. The third-order valence-corrected chi connectivity index (χ3v) is 5.39. The van der Waals surface area contributed by atoms with Gasteiger partial charge in [0.05, 0.1) is 4.90 Å².